The maximum Gasteiger partial charge on any atom is 0.149 e. The van der Waals surface area contributed by atoms with Gasteiger partial charge in [-0.05, 0) is 19.1 Å². The van der Waals surface area contributed by atoms with E-state index in [1.165, 1.54) is 0 Å². The topological polar surface area (TPSA) is 65.2 Å². The molecule has 0 aliphatic carbocycles. The highest BCUT2D eigenvalue weighted by Crippen LogP contribution is 2.31. The summed E-state index contributed by atoms with van der Waals surface area (Å²) in [6, 6.07) is 7.71. The molecule has 19 heavy (non-hydrogen) atoms. The zero-order chi connectivity index (χ0) is 13.5. The highest BCUT2D eigenvalue weighted by atomic mass is 32.1. The van der Waals surface area contributed by atoms with Crippen LogP contribution < -0.4 is 5.73 Å². The predicted molar refractivity (Wildman–Crippen MR) is 75.2 cm³/mol. The van der Waals surface area contributed by atoms with E-state index in [1.54, 1.807) is 11.3 Å². The van der Waals surface area contributed by atoms with Crippen LogP contribution in [0.15, 0.2) is 24.3 Å². The second kappa shape index (κ2) is 4.67. The van der Waals surface area contributed by atoms with Gasteiger partial charge < -0.3 is 10.5 Å². The molecule has 2 unspecified atom stereocenters. The molecule has 1 aliphatic rings. The molecular formula is C14H16N2O2S. The first-order valence-corrected chi connectivity index (χ1v) is 7.12. The molecule has 0 radical (unpaired) electrons. The molecule has 0 amide bonds. The van der Waals surface area contributed by atoms with Crippen molar-refractivity contribution in [2.24, 2.45) is 11.1 Å². The number of rotatable bonds is 3. The number of benzene rings is 1. The van der Waals surface area contributed by atoms with E-state index in [4.69, 9.17) is 10.5 Å². The molecule has 1 fully saturated rings. The summed E-state index contributed by atoms with van der Waals surface area (Å²) in [7, 11) is 0. The van der Waals surface area contributed by atoms with Crippen LogP contribution in [0.4, 0.5) is 0 Å². The van der Waals surface area contributed by atoms with Gasteiger partial charge in [0.05, 0.1) is 35.3 Å². The number of fused-ring (bicyclic) bond motifs is 1. The highest BCUT2D eigenvalue weighted by molar-refractivity contribution is 7.18. The van der Waals surface area contributed by atoms with Crippen molar-refractivity contribution >= 4 is 27.3 Å². The summed E-state index contributed by atoms with van der Waals surface area (Å²) in [5.74, 6) is 0.122. The lowest BCUT2D eigenvalue weighted by Gasteiger charge is -2.24. The molecule has 2 atom stereocenters. The van der Waals surface area contributed by atoms with Crippen molar-refractivity contribution in [1.82, 2.24) is 4.98 Å². The van der Waals surface area contributed by atoms with E-state index in [2.05, 4.69) is 4.98 Å². The number of carbonyl (C=O) groups excluding carboxylic acids is 1. The third kappa shape index (κ3) is 2.18. The number of thiazole rings is 1. The van der Waals surface area contributed by atoms with Crippen LogP contribution in [0.2, 0.25) is 0 Å². The van der Waals surface area contributed by atoms with E-state index in [-0.39, 0.29) is 11.8 Å². The summed E-state index contributed by atoms with van der Waals surface area (Å²) < 4.78 is 6.44. The second-order valence-corrected chi connectivity index (χ2v) is 6.33. The van der Waals surface area contributed by atoms with E-state index in [9.17, 15) is 4.79 Å². The van der Waals surface area contributed by atoms with E-state index >= 15 is 0 Å². The molecule has 2 N–H and O–H groups in total. The molecule has 0 bridgehead atoms. The molecule has 2 heterocycles. The van der Waals surface area contributed by atoms with Crippen molar-refractivity contribution in [1.29, 1.82) is 0 Å². The summed E-state index contributed by atoms with van der Waals surface area (Å²) in [5.41, 5.74) is 6.36. The fourth-order valence-electron chi connectivity index (χ4n) is 2.31. The molecule has 1 saturated heterocycles. The van der Waals surface area contributed by atoms with E-state index in [0.717, 1.165) is 15.2 Å². The van der Waals surface area contributed by atoms with Gasteiger partial charge in [-0.3, -0.25) is 4.79 Å². The summed E-state index contributed by atoms with van der Waals surface area (Å²) in [6.45, 7) is 2.76. The summed E-state index contributed by atoms with van der Waals surface area (Å²) in [4.78, 5) is 16.9. The average molecular weight is 276 g/mol. The molecule has 3 rings (SSSR count). The first kappa shape index (κ1) is 12.7. The van der Waals surface area contributed by atoms with Crippen LogP contribution in [0, 0.1) is 5.41 Å². The quantitative estimate of drug-likeness (QED) is 0.928. The average Bonchev–Trinajstić information content (AvgIpc) is 2.94. The molecule has 0 saturated carbocycles. The molecule has 0 spiro atoms. The van der Waals surface area contributed by atoms with Crippen LogP contribution >= 0.6 is 11.3 Å². The van der Waals surface area contributed by atoms with Gasteiger partial charge in [0.2, 0.25) is 0 Å². The largest absolute Gasteiger partial charge is 0.379 e. The molecule has 1 aliphatic heterocycles. The monoisotopic (exact) mass is 276 g/mol. The van der Waals surface area contributed by atoms with Gasteiger partial charge in [-0.1, -0.05) is 12.1 Å². The Morgan fingerprint density at radius 2 is 2.37 bits per heavy atom. The third-order valence-corrected chi connectivity index (χ3v) is 4.84. The molecule has 1 aromatic heterocycles. The van der Waals surface area contributed by atoms with Crippen LogP contribution in [0.5, 0.6) is 0 Å². The minimum atomic E-state index is -0.572. The molecule has 100 valence electrons. The lowest BCUT2D eigenvalue weighted by atomic mass is 9.80. The fourth-order valence-corrected chi connectivity index (χ4v) is 3.28. The molecule has 1 aromatic carbocycles. The Hall–Kier alpha value is -1.30. The number of nitrogens with two attached hydrogens (primary N) is 1. The number of ether oxygens (including phenoxy) is 1. The normalized spacial score (nSPS) is 26.9. The minimum absolute atomic E-state index is 0.122. The van der Waals surface area contributed by atoms with E-state index in [1.807, 2.05) is 31.2 Å². The van der Waals surface area contributed by atoms with Crippen molar-refractivity contribution in [2.75, 3.05) is 13.2 Å². The number of Topliss-reactive ketones (excluding diaryl/α,β-unsaturated/α-hetero) is 1. The number of para-hydroxylation sites is 1. The zero-order valence-corrected chi connectivity index (χ0v) is 11.6. The fraction of sp³-hybridized carbons (Fsp3) is 0.429. The Kier molecular flexibility index (Phi) is 3.12. The molecule has 2 aromatic rings. The van der Waals surface area contributed by atoms with Gasteiger partial charge in [-0.25, -0.2) is 4.98 Å². The van der Waals surface area contributed by atoms with Crippen molar-refractivity contribution < 1.29 is 9.53 Å². The smallest absolute Gasteiger partial charge is 0.149 e. The molecule has 5 heteroatoms. The van der Waals surface area contributed by atoms with Crippen molar-refractivity contribution in [3.05, 3.63) is 29.3 Å². The number of nitrogens with zero attached hydrogens (tertiary/aromatic N) is 1. The summed E-state index contributed by atoms with van der Waals surface area (Å²) in [6.07, 6.45) is 0.340. The van der Waals surface area contributed by atoms with Gasteiger partial charge in [-0.15, -0.1) is 11.3 Å². The van der Waals surface area contributed by atoms with Gasteiger partial charge in [0, 0.05) is 6.04 Å². The van der Waals surface area contributed by atoms with Gasteiger partial charge in [0.25, 0.3) is 0 Å². The lowest BCUT2D eigenvalue weighted by molar-refractivity contribution is -0.127. The summed E-state index contributed by atoms with van der Waals surface area (Å²) in [5, 5.41) is 0.853. The Bertz CT molecular complexity index is 592. The van der Waals surface area contributed by atoms with Gasteiger partial charge in [-0.2, -0.15) is 0 Å². The number of ketones is 1. The van der Waals surface area contributed by atoms with Crippen molar-refractivity contribution in [3.8, 4) is 0 Å². The molecular weight excluding hydrogens is 260 g/mol. The minimum Gasteiger partial charge on any atom is -0.379 e. The highest BCUT2D eigenvalue weighted by Gasteiger charge is 2.43. The van der Waals surface area contributed by atoms with Crippen molar-refractivity contribution in [3.63, 3.8) is 0 Å². The van der Waals surface area contributed by atoms with Crippen molar-refractivity contribution in [2.45, 2.75) is 19.4 Å². The van der Waals surface area contributed by atoms with Crippen LogP contribution in [0.25, 0.3) is 10.2 Å². The van der Waals surface area contributed by atoms with Gasteiger partial charge >= 0.3 is 0 Å². The Morgan fingerprint density at radius 3 is 3.05 bits per heavy atom. The zero-order valence-electron chi connectivity index (χ0n) is 10.8. The number of carbonyl (C=O) groups is 1. The second-order valence-electron chi connectivity index (χ2n) is 5.21. The standard InChI is InChI=1S/C14H16N2O2S/c1-14(8-18-7-11(14)15)12(17)6-13-16-9-4-2-3-5-10(9)19-13/h2-5,11H,6-8,15H2,1H3. The van der Waals surface area contributed by atoms with E-state index in [0.29, 0.717) is 19.6 Å². The maximum absolute atomic E-state index is 12.4. The van der Waals surface area contributed by atoms with Gasteiger partial charge in [0.15, 0.2) is 0 Å². The van der Waals surface area contributed by atoms with Crippen LogP contribution in [-0.4, -0.2) is 30.0 Å². The molecule has 4 nitrogen and oxygen atoms in total. The first-order valence-electron chi connectivity index (χ1n) is 6.31. The van der Waals surface area contributed by atoms with Crippen LogP contribution in [-0.2, 0) is 16.0 Å². The summed E-state index contributed by atoms with van der Waals surface area (Å²) >= 11 is 1.57. The lowest BCUT2D eigenvalue weighted by Crippen LogP contribution is -2.45. The Morgan fingerprint density at radius 1 is 1.58 bits per heavy atom. The third-order valence-electron chi connectivity index (χ3n) is 3.80. The Balaban J connectivity index is 1.83. The van der Waals surface area contributed by atoms with Gasteiger partial charge in [0.1, 0.15) is 10.8 Å². The number of hydrogen-bond donors (Lipinski definition) is 1. The van der Waals surface area contributed by atoms with Crippen LogP contribution in [0.3, 0.4) is 0 Å². The Labute approximate surface area is 115 Å². The first-order chi connectivity index (χ1) is 9.09. The van der Waals surface area contributed by atoms with Crippen LogP contribution in [0.1, 0.15) is 11.9 Å². The van der Waals surface area contributed by atoms with E-state index < -0.39 is 5.41 Å². The number of hydrogen-bond acceptors (Lipinski definition) is 5. The predicted octanol–water partition coefficient (Wildman–Crippen LogP) is 1.77. The maximum atomic E-state index is 12.4. The SMILES string of the molecule is CC1(C(=O)Cc2nc3ccccc3s2)COCC1N. The number of aromatic nitrogens is 1.